The summed E-state index contributed by atoms with van der Waals surface area (Å²) < 4.78 is 4.25. The first-order chi connectivity index (χ1) is 15.5. The van der Waals surface area contributed by atoms with E-state index in [1.807, 2.05) is 29.2 Å². The molecule has 0 saturated heterocycles. The molecule has 33 heavy (non-hydrogen) atoms. The van der Waals surface area contributed by atoms with Gasteiger partial charge in [0.25, 0.3) is 5.69 Å². The molecule has 0 fully saturated rings. The van der Waals surface area contributed by atoms with Gasteiger partial charge in [-0.15, -0.1) is 10.2 Å². The Bertz CT molecular complexity index is 1100. The summed E-state index contributed by atoms with van der Waals surface area (Å²) in [5, 5.41) is 31.5. The summed E-state index contributed by atoms with van der Waals surface area (Å²) in [4.78, 5) is 23.5. The zero-order valence-corrected chi connectivity index (χ0v) is 21.6. The van der Waals surface area contributed by atoms with Crippen LogP contribution in [0.3, 0.4) is 0 Å². The topological polar surface area (TPSA) is 124 Å². The number of fused-ring (bicyclic) bond motifs is 1. The number of nitro benzene ring substituents is 1. The van der Waals surface area contributed by atoms with Gasteiger partial charge in [0.1, 0.15) is 0 Å². The molecule has 0 spiro atoms. The number of anilines is 1. The Hall–Kier alpha value is -2.40. The third-order valence-corrected chi connectivity index (χ3v) is 5.75. The maximum atomic E-state index is 11.0. The monoisotopic (exact) mass is 477 g/mol. The summed E-state index contributed by atoms with van der Waals surface area (Å²) in [6, 6.07) is 11.9. The van der Waals surface area contributed by atoms with Gasteiger partial charge in [0, 0.05) is 48.7 Å². The van der Waals surface area contributed by atoms with Crippen molar-refractivity contribution in [1.29, 1.82) is 0 Å². The quantitative estimate of drug-likeness (QED) is 0.129. The predicted octanol–water partition coefficient (Wildman–Crippen LogP) is 2.15. The Morgan fingerprint density at radius 2 is 1.85 bits per heavy atom. The third kappa shape index (κ3) is 7.85. The van der Waals surface area contributed by atoms with Crippen LogP contribution in [0.5, 0.6) is 0 Å². The van der Waals surface area contributed by atoms with Crippen LogP contribution in [0.25, 0.3) is 10.9 Å². The van der Waals surface area contributed by atoms with E-state index in [-0.39, 0.29) is 41.7 Å². The Morgan fingerprint density at radius 1 is 1.09 bits per heavy atom. The Morgan fingerprint density at radius 3 is 2.52 bits per heavy atom. The molecule has 11 heteroatoms. The minimum atomic E-state index is -1.06. The molecule has 2 aromatic carbocycles. The number of nitro groups is 1. The van der Waals surface area contributed by atoms with E-state index < -0.39 is 10.9 Å². The number of carbonyl (C=O) groups excluding carboxylic acids is 1. The molecular weight excluding hydrogens is 453 g/mol. The molecule has 1 aromatic heterocycles. The molecule has 1 heterocycles. The number of aliphatic carboxylic acids is 1. The third-order valence-electron chi connectivity index (χ3n) is 4.99. The van der Waals surface area contributed by atoms with Crippen molar-refractivity contribution in [1.82, 2.24) is 4.37 Å². The van der Waals surface area contributed by atoms with E-state index in [0.717, 1.165) is 49.4 Å². The number of benzene rings is 2. The SMILES string of the molecule is CCCCCCN(CCC(=O)[O-])c1ccc(N=Nc2snc3ccc([N+](=O)[O-])cc23)cc1.[Na+]. The number of unbranched alkanes of at least 4 members (excludes halogenated alkanes) is 3. The largest absolute Gasteiger partial charge is 1.00 e. The first-order valence-corrected chi connectivity index (χ1v) is 11.3. The van der Waals surface area contributed by atoms with Gasteiger partial charge >= 0.3 is 29.6 Å². The van der Waals surface area contributed by atoms with Crippen molar-refractivity contribution in [3.05, 3.63) is 52.6 Å². The molecule has 3 rings (SSSR count). The average molecular weight is 478 g/mol. The van der Waals surface area contributed by atoms with E-state index in [4.69, 9.17) is 0 Å². The summed E-state index contributed by atoms with van der Waals surface area (Å²) in [6.07, 6.45) is 4.36. The fraction of sp³-hybridized carbons (Fsp3) is 0.364. The van der Waals surface area contributed by atoms with Gasteiger partial charge < -0.3 is 14.8 Å². The van der Waals surface area contributed by atoms with E-state index in [2.05, 4.69) is 21.5 Å². The number of nitrogens with zero attached hydrogens (tertiary/aromatic N) is 5. The predicted molar refractivity (Wildman–Crippen MR) is 123 cm³/mol. The van der Waals surface area contributed by atoms with Crippen LogP contribution in [-0.4, -0.2) is 28.4 Å². The standard InChI is InChI=1S/C22H25N5O4S.Na/c1-2-3-4-5-13-26(14-12-21(28)29)17-8-6-16(7-9-17)23-24-22-19-15-18(27(30)31)10-11-20(19)25-32-22;/h6-11,15H,2-5,12-14H2,1H3,(H,28,29);/q;+1/p-1. The Labute approximate surface area is 218 Å². The smallest absolute Gasteiger partial charge is 0.550 e. The number of carboxylic acids is 1. The van der Waals surface area contributed by atoms with Crippen LogP contribution in [0.15, 0.2) is 52.7 Å². The number of azo groups is 1. The van der Waals surface area contributed by atoms with Gasteiger partial charge in [-0.25, -0.2) is 0 Å². The fourth-order valence-corrected chi connectivity index (χ4v) is 3.94. The number of hydrogen-bond donors (Lipinski definition) is 0. The van der Waals surface area contributed by atoms with Crippen LogP contribution >= 0.6 is 11.5 Å². The van der Waals surface area contributed by atoms with E-state index in [9.17, 15) is 20.0 Å². The van der Waals surface area contributed by atoms with Crippen LogP contribution in [-0.2, 0) is 4.79 Å². The molecule has 9 nitrogen and oxygen atoms in total. The molecule has 0 N–H and O–H groups in total. The summed E-state index contributed by atoms with van der Waals surface area (Å²) >= 11 is 1.13. The molecule has 0 aliphatic carbocycles. The Kier molecular flexibility index (Phi) is 10.9. The van der Waals surface area contributed by atoms with Crippen LogP contribution in [0.2, 0.25) is 0 Å². The minimum Gasteiger partial charge on any atom is -0.550 e. The second-order valence-corrected chi connectivity index (χ2v) is 8.08. The number of carboxylic acid groups (broad SMARTS) is 1. The van der Waals surface area contributed by atoms with Crippen LogP contribution in [0, 0.1) is 10.1 Å². The van der Waals surface area contributed by atoms with E-state index in [0.29, 0.717) is 28.1 Å². The van der Waals surface area contributed by atoms with Gasteiger partial charge in [-0.1, -0.05) is 26.2 Å². The molecule has 0 bridgehead atoms. The number of hydrogen-bond acceptors (Lipinski definition) is 9. The van der Waals surface area contributed by atoms with Crippen molar-refractivity contribution in [2.45, 2.75) is 39.0 Å². The Balaban J connectivity index is 0.00000385. The normalized spacial score (nSPS) is 10.9. The van der Waals surface area contributed by atoms with Gasteiger partial charge in [-0.3, -0.25) is 10.1 Å². The fourth-order valence-electron chi connectivity index (χ4n) is 3.26. The molecule has 0 amide bonds. The van der Waals surface area contributed by atoms with Gasteiger partial charge in [-0.05, 0) is 48.3 Å². The second kappa shape index (κ2) is 13.3. The van der Waals surface area contributed by atoms with Gasteiger partial charge in [0.05, 0.1) is 16.1 Å². The van der Waals surface area contributed by atoms with Crippen molar-refractivity contribution >= 4 is 50.5 Å². The zero-order valence-electron chi connectivity index (χ0n) is 18.8. The van der Waals surface area contributed by atoms with Crippen molar-refractivity contribution in [2.24, 2.45) is 10.2 Å². The maximum absolute atomic E-state index is 11.0. The molecule has 3 aromatic rings. The minimum absolute atomic E-state index is 0. The van der Waals surface area contributed by atoms with Crippen LogP contribution in [0.1, 0.15) is 39.0 Å². The zero-order chi connectivity index (χ0) is 22.9. The summed E-state index contributed by atoms with van der Waals surface area (Å²) in [5.41, 5.74) is 2.15. The number of rotatable bonds is 12. The van der Waals surface area contributed by atoms with Crippen molar-refractivity contribution < 1.29 is 44.4 Å². The van der Waals surface area contributed by atoms with E-state index in [1.54, 1.807) is 6.07 Å². The molecule has 0 atom stereocenters. The van der Waals surface area contributed by atoms with Crippen LogP contribution < -0.4 is 39.6 Å². The molecule has 0 unspecified atom stereocenters. The first-order valence-electron chi connectivity index (χ1n) is 10.5. The molecule has 0 aliphatic rings. The van der Waals surface area contributed by atoms with Crippen LogP contribution in [0.4, 0.5) is 22.1 Å². The van der Waals surface area contributed by atoms with E-state index in [1.165, 1.54) is 12.1 Å². The number of non-ortho nitro benzene ring substituents is 1. The molecule has 168 valence electrons. The molecular formula is C22H24N5NaO4S. The molecule has 0 radical (unpaired) electrons. The number of carbonyl (C=O) groups is 1. The number of aromatic nitrogens is 1. The maximum Gasteiger partial charge on any atom is 1.00 e. The van der Waals surface area contributed by atoms with E-state index >= 15 is 0 Å². The van der Waals surface area contributed by atoms with Crippen molar-refractivity contribution in [2.75, 3.05) is 18.0 Å². The first kappa shape index (κ1) is 26.8. The van der Waals surface area contributed by atoms with Gasteiger partial charge in [0.2, 0.25) is 0 Å². The second-order valence-electron chi connectivity index (χ2n) is 7.33. The summed E-state index contributed by atoms with van der Waals surface area (Å²) in [7, 11) is 0. The summed E-state index contributed by atoms with van der Waals surface area (Å²) in [6.45, 7) is 3.32. The van der Waals surface area contributed by atoms with Crippen molar-refractivity contribution in [3.8, 4) is 0 Å². The molecule has 0 saturated carbocycles. The van der Waals surface area contributed by atoms with Crippen molar-refractivity contribution in [3.63, 3.8) is 0 Å². The summed E-state index contributed by atoms with van der Waals surface area (Å²) in [5.74, 6) is -1.06. The molecule has 0 aliphatic heterocycles. The average Bonchev–Trinajstić information content (AvgIpc) is 3.19. The van der Waals surface area contributed by atoms with Gasteiger partial charge in [-0.2, -0.15) is 4.37 Å². The van der Waals surface area contributed by atoms with Gasteiger partial charge in [0.15, 0.2) is 5.00 Å².